The second-order valence-electron chi connectivity index (χ2n) is 11.2. The van der Waals surface area contributed by atoms with Crippen LogP contribution in [-0.2, 0) is 0 Å². The van der Waals surface area contributed by atoms with Gasteiger partial charge in [-0.1, -0.05) is 7.92 Å². The molecule has 0 saturated heterocycles. The molecule has 0 aromatic carbocycles. The summed E-state index contributed by atoms with van der Waals surface area (Å²) in [5.74, 6) is 6.71. The summed E-state index contributed by atoms with van der Waals surface area (Å²) >= 11 is 0. The minimum absolute atomic E-state index is 0.166. The summed E-state index contributed by atoms with van der Waals surface area (Å²) < 4.78 is 0. The van der Waals surface area contributed by atoms with Crippen molar-refractivity contribution in [2.75, 3.05) is 12.7 Å². The number of hydrogen-bond acceptors (Lipinski definition) is 1. The average molecular weight is 346 g/mol. The highest BCUT2D eigenvalue weighted by atomic mass is 31.1. The van der Waals surface area contributed by atoms with Crippen LogP contribution in [0.1, 0.15) is 77.0 Å². The van der Waals surface area contributed by atoms with E-state index < -0.39 is 0 Å². The summed E-state index contributed by atoms with van der Waals surface area (Å²) in [6, 6.07) is 0. The molecule has 8 fully saturated rings. The van der Waals surface area contributed by atoms with Gasteiger partial charge in [0.15, 0.2) is 0 Å². The molecule has 0 amide bonds. The third kappa shape index (κ3) is 2.13. The van der Waals surface area contributed by atoms with Crippen molar-refractivity contribution < 1.29 is 0 Å². The van der Waals surface area contributed by atoms with Crippen molar-refractivity contribution >= 4 is 7.92 Å². The van der Waals surface area contributed by atoms with Crippen LogP contribution in [0.5, 0.6) is 0 Å². The van der Waals surface area contributed by atoms with E-state index in [2.05, 4.69) is 0 Å². The molecule has 0 aromatic heterocycles. The van der Waals surface area contributed by atoms with Crippen LogP contribution in [0.25, 0.3) is 0 Å². The Morgan fingerprint density at radius 2 is 0.875 bits per heavy atom. The number of hydrogen-bond donors (Lipinski definition) is 1. The van der Waals surface area contributed by atoms with E-state index in [0.29, 0.717) is 0 Å². The van der Waals surface area contributed by atoms with E-state index in [1.165, 1.54) is 6.16 Å². The third-order valence-corrected chi connectivity index (χ3v) is 13.6. The summed E-state index contributed by atoms with van der Waals surface area (Å²) in [4.78, 5) is 0. The largest absolute Gasteiger partial charge is 0.330 e. The molecule has 0 spiro atoms. The average Bonchev–Trinajstić information content (AvgIpc) is 2.49. The minimum Gasteiger partial charge on any atom is -0.330 e. The third-order valence-electron chi connectivity index (χ3n) is 9.51. The molecule has 0 unspecified atom stereocenters. The van der Waals surface area contributed by atoms with Crippen molar-refractivity contribution in [3.63, 3.8) is 0 Å². The Morgan fingerprint density at radius 3 is 1.12 bits per heavy atom. The smallest absolute Gasteiger partial charge is 0.00375 e. The second-order valence-corrected chi connectivity index (χ2v) is 14.4. The van der Waals surface area contributed by atoms with E-state index in [9.17, 15) is 0 Å². The zero-order valence-corrected chi connectivity index (χ0v) is 16.3. The predicted octanol–water partition coefficient (Wildman–Crippen LogP) is 5.36. The molecule has 2 heteroatoms. The van der Waals surface area contributed by atoms with Crippen LogP contribution in [0.15, 0.2) is 0 Å². The fraction of sp³-hybridized carbons (Fsp3) is 1.00. The molecule has 0 heterocycles. The van der Waals surface area contributed by atoms with E-state index in [0.717, 1.165) is 52.4 Å². The Hall–Kier alpha value is 0.390. The molecule has 0 radical (unpaired) electrons. The first-order valence-corrected chi connectivity index (χ1v) is 12.7. The Balaban J connectivity index is 1.38. The zero-order valence-electron chi connectivity index (χ0n) is 15.4. The highest BCUT2D eigenvalue weighted by Gasteiger charge is 2.62. The molecule has 8 rings (SSSR count). The monoisotopic (exact) mass is 345 g/mol. The van der Waals surface area contributed by atoms with Gasteiger partial charge >= 0.3 is 0 Å². The number of rotatable bonds is 4. The molecule has 2 N–H and O–H groups in total. The van der Waals surface area contributed by atoms with Crippen molar-refractivity contribution in [3.05, 3.63) is 0 Å². The van der Waals surface area contributed by atoms with Crippen molar-refractivity contribution in [1.29, 1.82) is 0 Å². The fourth-order valence-corrected chi connectivity index (χ4v) is 15.0. The highest BCUT2D eigenvalue weighted by molar-refractivity contribution is 7.61. The molecular weight excluding hydrogens is 309 g/mol. The second kappa shape index (κ2) is 5.22. The van der Waals surface area contributed by atoms with Gasteiger partial charge in [0.25, 0.3) is 0 Å². The van der Waals surface area contributed by atoms with Crippen molar-refractivity contribution in [2.24, 2.45) is 41.2 Å². The standard InChI is InChI=1S/C22H36NP/c23-1-2-24(21-9-15-3-16(10-21)5-17(4-15)11-21)22-12-18-6-19(13-22)8-20(7-18)14-22/h15-20H,1-14,23H2. The Morgan fingerprint density at radius 1 is 0.583 bits per heavy atom. The summed E-state index contributed by atoms with van der Waals surface area (Å²) in [6.45, 7) is 0.981. The van der Waals surface area contributed by atoms with Crippen LogP contribution in [-0.4, -0.2) is 23.0 Å². The quantitative estimate of drug-likeness (QED) is 0.682. The summed E-state index contributed by atoms with van der Waals surface area (Å²) in [5.41, 5.74) is 6.28. The maximum atomic E-state index is 6.28. The van der Waals surface area contributed by atoms with Gasteiger partial charge in [-0.05, 0) is 136 Å². The van der Waals surface area contributed by atoms with E-state index in [1.54, 1.807) is 77.0 Å². The van der Waals surface area contributed by atoms with E-state index in [1.807, 2.05) is 0 Å². The van der Waals surface area contributed by atoms with Crippen LogP contribution in [0.4, 0.5) is 0 Å². The van der Waals surface area contributed by atoms with Crippen molar-refractivity contribution in [1.82, 2.24) is 0 Å². The van der Waals surface area contributed by atoms with Crippen molar-refractivity contribution in [2.45, 2.75) is 87.4 Å². The van der Waals surface area contributed by atoms with Gasteiger partial charge < -0.3 is 5.73 Å². The maximum absolute atomic E-state index is 6.28. The molecular formula is C22H36NP. The lowest BCUT2D eigenvalue weighted by atomic mass is 9.55. The highest BCUT2D eigenvalue weighted by Crippen LogP contribution is 2.78. The van der Waals surface area contributed by atoms with E-state index in [4.69, 9.17) is 5.73 Å². The molecule has 134 valence electrons. The molecule has 0 aliphatic heterocycles. The van der Waals surface area contributed by atoms with Crippen LogP contribution < -0.4 is 5.73 Å². The van der Waals surface area contributed by atoms with Crippen LogP contribution in [0.3, 0.4) is 0 Å². The van der Waals surface area contributed by atoms with Gasteiger partial charge in [0.2, 0.25) is 0 Å². The van der Waals surface area contributed by atoms with Gasteiger partial charge in [-0.2, -0.15) is 0 Å². The lowest BCUT2D eigenvalue weighted by Crippen LogP contribution is -2.57. The Bertz CT molecular complexity index is 411. The summed E-state index contributed by atoms with van der Waals surface area (Å²) in [7, 11) is 0.166. The SMILES string of the molecule is NCCP(C12CC3CC(CC(C3)C1)C2)C12CC3CC(CC(C3)C1)C2. The Labute approximate surface area is 149 Å². The van der Waals surface area contributed by atoms with Gasteiger partial charge in [-0.25, -0.2) is 0 Å². The van der Waals surface area contributed by atoms with Gasteiger partial charge in [-0.3, -0.25) is 0 Å². The summed E-state index contributed by atoms with van der Waals surface area (Å²) in [6.07, 6.45) is 20.8. The lowest BCUT2D eigenvalue weighted by molar-refractivity contribution is 0.0186. The summed E-state index contributed by atoms with van der Waals surface area (Å²) in [5, 5.41) is 1.60. The first kappa shape index (κ1) is 15.4. The topological polar surface area (TPSA) is 26.0 Å². The molecule has 1 nitrogen and oxygen atoms in total. The van der Waals surface area contributed by atoms with Crippen LogP contribution in [0, 0.1) is 35.5 Å². The maximum Gasteiger partial charge on any atom is -0.00375 e. The van der Waals surface area contributed by atoms with Gasteiger partial charge in [0, 0.05) is 0 Å². The molecule has 8 aliphatic rings. The van der Waals surface area contributed by atoms with Gasteiger partial charge in [0.05, 0.1) is 0 Å². The zero-order chi connectivity index (χ0) is 15.9. The van der Waals surface area contributed by atoms with Crippen molar-refractivity contribution in [3.8, 4) is 0 Å². The first-order chi connectivity index (χ1) is 11.7. The Kier molecular flexibility index (Phi) is 3.36. The van der Waals surface area contributed by atoms with Crippen LogP contribution >= 0.6 is 7.92 Å². The number of nitrogens with two attached hydrogens (primary N) is 1. The molecule has 8 bridgehead atoms. The van der Waals surface area contributed by atoms with E-state index in [-0.39, 0.29) is 7.92 Å². The lowest BCUT2D eigenvalue weighted by Gasteiger charge is -2.67. The molecule has 0 aromatic rings. The molecule has 0 atom stereocenters. The minimum atomic E-state index is 0.166. The van der Waals surface area contributed by atoms with Gasteiger partial charge in [-0.15, -0.1) is 0 Å². The van der Waals surface area contributed by atoms with Gasteiger partial charge in [0.1, 0.15) is 0 Å². The first-order valence-electron chi connectivity index (χ1n) is 11.1. The molecule has 8 aliphatic carbocycles. The van der Waals surface area contributed by atoms with E-state index >= 15 is 0 Å². The molecule has 8 saturated carbocycles. The fourth-order valence-electron chi connectivity index (χ4n) is 9.90. The molecule has 24 heavy (non-hydrogen) atoms. The van der Waals surface area contributed by atoms with Crippen LogP contribution in [0.2, 0.25) is 0 Å². The normalized spacial score (nSPS) is 58.4. The predicted molar refractivity (Wildman–Crippen MR) is 103 cm³/mol.